The van der Waals surface area contributed by atoms with Crippen LogP contribution < -0.4 is 10.6 Å². The molecule has 0 aromatic carbocycles. The standard InChI is InChI=1S/C20H37N7O/c1-16-15-17(2)27(24-16)14-8-11-23-20(21-3)22-10-7-13-26-12-6-9-18(26)19(28)25(4)5/h15,18H,6-14H2,1-5H3,(H2,21,22,23). The van der Waals surface area contributed by atoms with E-state index in [4.69, 9.17) is 0 Å². The van der Waals surface area contributed by atoms with Crippen LogP contribution in [0.2, 0.25) is 0 Å². The molecule has 1 atom stereocenters. The minimum atomic E-state index is 0.0572. The van der Waals surface area contributed by atoms with Crippen LogP contribution in [0, 0.1) is 13.8 Å². The van der Waals surface area contributed by atoms with Crippen molar-refractivity contribution in [2.75, 3.05) is 47.3 Å². The number of aliphatic imine (C=N–C) groups is 1. The molecule has 0 saturated carbocycles. The molecule has 0 aliphatic carbocycles. The van der Waals surface area contributed by atoms with E-state index in [1.54, 1.807) is 11.9 Å². The van der Waals surface area contributed by atoms with Crippen molar-refractivity contribution in [3.05, 3.63) is 17.5 Å². The summed E-state index contributed by atoms with van der Waals surface area (Å²) in [5.74, 6) is 1.06. The first-order valence-electron chi connectivity index (χ1n) is 10.3. The van der Waals surface area contributed by atoms with E-state index >= 15 is 0 Å². The number of nitrogens with zero attached hydrogens (tertiary/aromatic N) is 5. The van der Waals surface area contributed by atoms with Crippen LogP contribution in [0.1, 0.15) is 37.1 Å². The summed E-state index contributed by atoms with van der Waals surface area (Å²) in [6, 6.07) is 2.16. The predicted octanol–water partition coefficient (Wildman–Crippen LogP) is 0.998. The summed E-state index contributed by atoms with van der Waals surface area (Å²) >= 11 is 0. The highest BCUT2D eigenvalue weighted by Gasteiger charge is 2.30. The summed E-state index contributed by atoms with van der Waals surface area (Å²) in [6.07, 6.45) is 4.06. The Morgan fingerprint density at radius 3 is 2.50 bits per heavy atom. The molecule has 8 nitrogen and oxygen atoms in total. The zero-order chi connectivity index (χ0) is 20.5. The van der Waals surface area contributed by atoms with Crippen LogP contribution in [0.25, 0.3) is 0 Å². The highest BCUT2D eigenvalue weighted by molar-refractivity contribution is 5.81. The number of amides is 1. The number of aryl methyl sites for hydroxylation is 3. The first-order chi connectivity index (χ1) is 13.4. The summed E-state index contributed by atoms with van der Waals surface area (Å²) in [5.41, 5.74) is 2.27. The van der Waals surface area contributed by atoms with Gasteiger partial charge in [-0.3, -0.25) is 19.4 Å². The fraction of sp³-hybridized carbons (Fsp3) is 0.750. The Bertz CT molecular complexity index is 653. The number of rotatable bonds is 9. The van der Waals surface area contributed by atoms with Gasteiger partial charge in [0.2, 0.25) is 5.91 Å². The molecule has 1 aliphatic rings. The minimum absolute atomic E-state index is 0.0572. The van der Waals surface area contributed by atoms with Gasteiger partial charge in [0.15, 0.2) is 5.96 Å². The van der Waals surface area contributed by atoms with E-state index in [1.807, 2.05) is 21.0 Å². The second kappa shape index (κ2) is 11.0. The molecule has 1 aromatic rings. The average molecular weight is 392 g/mol. The number of hydrogen-bond donors (Lipinski definition) is 2. The number of likely N-dealkylation sites (tertiary alicyclic amines) is 1. The Morgan fingerprint density at radius 1 is 1.25 bits per heavy atom. The van der Waals surface area contributed by atoms with E-state index in [-0.39, 0.29) is 11.9 Å². The largest absolute Gasteiger partial charge is 0.356 e. The van der Waals surface area contributed by atoms with E-state index in [9.17, 15) is 4.79 Å². The van der Waals surface area contributed by atoms with Crippen LogP contribution in [0.3, 0.4) is 0 Å². The Kier molecular flexibility index (Phi) is 8.76. The third-order valence-electron chi connectivity index (χ3n) is 5.17. The van der Waals surface area contributed by atoms with Crippen LogP contribution in [-0.2, 0) is 11.3 Å². The van der Waals surface area contributed by atoms with Gasteiger partial charge in [0.05, 0.1) is 11.7 Å². The molecule has 28 heavy (non-hydrogen) atoms. The summed E-state index contributed by atoms with van der Waals surface area (Å²) in [6.45, 7) is 8.66. The molecule has 1 amide bonds. The highest BCUT2D eigenvalue weighted by Crippen LogP contribution is 2.18. The van der Waals surface area contributed by atoms with Gasteiger partial charge in [-0.05, 0) is 52.1 Å². The first kappa shape index (κ1) is 22.2. The van der Waals surface area contributed by atoms with Gasteiger partial charge in [0.25, 0.3) is 0 Å². The van der Waals surface area contributed by atoms with Crippen molar-refractivity contribution in [3.63, 3.8) is 0 Å². The zero-order valence-electron chi connectivity index (χ0n) is 18.2. The number of carbonyl (C=O) groups is 1. The number of carbonyl (C=O) groups excluding carboxylic acids is 1. The van der Waals surface area contributed by atoms with Crippen LogP contribution in [0.4, 0.5) is 0 Å². The molecule has 158 valence electrons. The summed E-state index contributed by atoms with van der Waals surface area (Å²) in [7, 11) is 5.47. The van der Waals surface area contributed by atoms with Crippen LogP contribution in [-0.4, -0.2) is 84.8 Å². The third kappa shape index (κ3) is 6.51. The summed E-state index contributed by atoms with van der Waals surface area (Å²) in [4.78, 5) is 20.6. The Hall–Kier alpha value is -2.09. The van der Waals surface area contributed by atoms with Gasteiger partial charge in [-0.2, -0.15) is 5.10 Å². The molecular formula is C20H37N7O. The van der Waals surface area contributed by atoms with Gasteiger partial charge in [-0.25, -0.2) is 0 Å². The van der Waals surface area contributed by atoms with Crippen molar-refractivity contribution in [2.45, 2.75) is 52.1 Å². The lowest BCUT2D eigenvalue weighted by Gasteiger charge is -2.26. The van der Waals surface area contributed by atoms with Gasteiger partial charge < -0.3 is 15.5 Å². The van der Waals surface area contributed by atoms with Crippen LogP contribution in [0.15, 0.2) is 11.1 Å². The Morgan fingerprint density at radius 2 is 1.93 bits per heavy atom. The van der Waals surface area contributed by atoms with E-state index < -0.39 is 0 Å². The quantitative estimate of drug-likeness (QED) is 0.373. The molecule has 0 radical (unpaired) electrons. The van der Waals surface area contributed by atoms with Gasteiger partial charge in [0.1, 0.15) is 0 Å². The van der Waals surface area contributed by atoms with E-state index in [2.05, 4.69) is 43.3 Å². The lowest BCUT2D eigenvalue weighted by atomic mass is 10.2. The highest BCUT2D eigenvalue weighted by atomic mass is 16.2. The third-order valence-corrected chi connectivity index (χ3v) is 5.17. The minimum Gasteiger partial charge on any atom is -0.356 e. The number of hydrogen-bond acceptors (Lipinski definition) is 4. The Balaban J connectivity index is 1.62. The molecule has 1 unspecified atom stereocenters. The normalized spacial score (nSPS) is 17.8. The maximum Gasteiger partial charge on any atom is 0.239 e. The monoisotopic (exact) mass is 391 g/mol. The molecule has 1 aliphatic heterocycles. The van der Waals surface area contributed by atoms with E-state index in [0.29, 0.717) is 0 Å². The first-order valence-corrected chi connectivity index (χ1v) is 10.3. The second-order valence-electron chi connectivity index (χ2n) is 7.71. The molecule has 0 bridgehead atoms. The molecule has 1 saturated heterocycles. The molecular weight excluding hydrogens is 354 g/mol. The smallest absolute Gasteiger partial charge is 0.239 e. The molecule has 8 heteroatoms. The SMILES string of the molecule is CN=C(NCCCN1CCCC1C(=O)N(C)C)NCCCn1nc(C)cc1C. The maximum absolute atomic E-state index is 12.2. The fourth-order valence-corrected chi connectivity index (χ4v) is 3.72. The predicted molar refractivity (Wildman–Crippen MR) is 114 cm³/mol. The van der Waals surface area contributed by atoms with Gasteiger partial charge in [-0.1, -0.05) is 0 Å². The van der Waals surface area contributed by atoms with E-state index in [1.165, 1.54) is 5.69 Å². The van der Waals surface area contributed by atoms with Crippen molar-refractivity contribution in [1.29, 1.82) is 0 Å². The van der Waals surface area contributed by atoms with Crippen molar-refractivity contribution in [3.8, 4) is 0 Å². The lowest BCUT2D eigenvalue weighted by Crippen LogP contribution is -2.44. The molecule has 2 heterocycles. The van der Waals surface area contributed by atoms with Crippen molar-refractivity contribution in [1.82, 2.24) is 30.2 Å². The molecule has 0 spiro atoms. The maximum atomic E-state index is 12.2. The van der Waals surface area contributed by atoms with E-state index in [0.717, 1.165) is 70.1 Å². The summed E-state index contributed by atoms with van der Waals surface area (Å²) < 4.78 is 2.05. The van der Waals surface area contributed by atoms with Crippen molar-refractivity contribution in [2.24, 2.45) is 4.99 Å². The number of aromatic nitrogens is 2. The average Bonchev–Trinajstić information content (AvgIpc) is 3.25. The van der Waals surface area contributed by atoms with Crippen LogP contribution >= 0.6 is 0 Å². The summed E-state index contributed by atoms with van der Waals surface area (Å²) in [5, 5.41) is 11.2. The fourth-order valence-electron chi connectivity index (χ4n) is 3.72. The van der Waals surface area contributed by atoms with Crippen molar-refractivity contribution >= 4 is 11.9 Å². The lowest BCUT2D eigenvalue weighted by molar-refractivity contribution is -0.133. The van der Waals surface area contributed by atoms with Crippen molar-refractivity contribution < 1.29 is 4.79 Å². The molecule has 1 fully saturated rings. The molecule has 1 aromatic heterocycles. The number of guanidine groups is 1. The number of nitrogens with one attached hydrogen (secondary N) is 2. The van der Waals surface area contributed by atoms with Gasteiger partial charge in [-0.15, -0.1) is 0 Å². The molecule has 2 rings (SSSR count). The van der Waals surface area contributed by atoms with Gasteiger partial charge in [0, 0.05) is 53.0 Å². The molecule has 2 N–H and O–H groups in total. The Labute approximate surface area is 169 Å². The topological polar surface area (TPSA) is 77.8 Å². The second-order valence-corrected chi connectivity index (χ2v) is 7.71. The van der Waals surface area contributed by atoms with Crippen LogP contribution in [0.5, 0.6) is 0 Å². The van der Waals surface area contributed by atoms with Gasteiger partial charge >= 0.3 is 0 Å². The zero-order valence-corrected chi connectivity index (χ0v) is 18.2. The number of likely N-dealkylation sites (N-methyl/N-ethyl adjacent to an activating group) is 1.